The van der Waals surface area contributed by atoms with E-state index in [1.54, 1.807) is 0 Å². The fourth-order valence-electron chi connectivity index (χ4n) is 2.26. The Kier molecular flexibility index (Phi) is 5.29. The van der Waals surface area contributed by atoms with Gasteiger partial charge in [0.15, 0.2) is 0 Å². The van der Waals surface area contributed by atoms with Crippen LogP contribution in [0.4, 0.5) is 0 Å². The molecule has 8 nitrogen and oxygen atoms in total. The standard InChI is InChI=1S/C13H20N4O4/c1-10(8-16-4-6-21-7-5-16)14-12(19)9-17-13(20)3-2-11(18)15-17/h2-3,10H,4-9H2,1H3,(H,14,19)(H,15,18)/t10-/m1/s1. The van der Waals surface area contributed by atoms with Crippen LogP contribution in [0.5, 0.6) is 0 Å². The zero-order valence-corrected chi connectivity index (χ0v) is 12.0. The summed E-state index contributed by atoms with van der Waals surface area (Å²) in [5, 5.41) is 5.14. The molecule has 8 heteroatoms. The van der Waals surface area contributed by atoms with Crippen molar-refractivity contribution < 1.29 is 9.53 Å². The highest BCUT2D eigenvalue weighted by Crippen LogP contribution is 1.98. The molecule has 0 aliphatic carbocycles. The molecule has 116 valence electrons. The highest BCUT2D eigenvalue weighted by Gasteiger charge is 2.15. The molecule has 21 heavy (non-hydrogen) atoms. The fraction of sp³-hybridized carbons (Fsp3) is 0.615. The number of H-pyrrole nitrogens is 1. The molecule has 0 aromatic carbocycles. The molecular formula is C13H20N4O4. The van der Waals surface area contributed by atoms with E-state index in [4.69, 9.17) is 4.74 Å². The molecule has 1 aromatic rings. The van der Waals surface area contributed by atoms with Crippen LogP contribution in [0.3, 0.4) is 0 Å². The quantitative estimate of drug-likeness (QED) is 0.680. The summed E-state index contributed by atoms with van der Waals surface area (Å²) >= 11 is 0. The lowest BCUT2D eigenvalue weighted by Gasteiger charge is -2.29. The topological polar surface area (TPSA) is 96.4 Å². The molecule has 0 unspecified atom stereocenters. The lowest BCUT2D eigenvalue weighted by molar-refractivity contribution is -0.122. The van der Waals surface area contributed by atoms with Crippen molar-refractivity contribution >= 4 is 5.91 Å². The van der Waals surface area contributed by atoms with Crippen LogP contribution in [0.15, 0.2) is 21.7 Å². The van der Waals surface area contributed by atoms with Gasteiger partial charge in [-0.05, 0) is 6.92 Å². The Morgan fingerprint density at radius 3 is 2.81 bits per heavy atom. The van der Waals surface area contributed by atoms with Crippen molar-refractivity contribution in [2.45, 2.75) is 19.5 Å². The molecule has 1 atom stereocenters. The highest BCUT2D eigenvalue weighted by molar-refractivity contribution is 5.75. The number of morpholine rings is 1. The molecule has 1 saturated heterocycles. The van der Waals surface area contributed by atoms with Gasteiger partial charge in [0.2, 0.25) is 5.91 Å². The van der Waals surface area contributed by atoms with Crippen LogP contribution in [0.1, 0.15) is 6.92 Å². The number of amides is 1. The monoisotopic (exact) mass is 296 g/mol. The lowest BCUT2D eigenvalue weighted by Crippen LogP contribution is -2.47. The number of aromatic amines is 1. The molecule has 1 aliphatic heterocycles. The van der Waals surface area contributed by atoms with E-state index < -0.39 is 11.1 Å². The number of carbonyl (C=O) groups excluding carboxylic acids is 1. The van der Waals surface area contributed by atoms with Crippen molar-refractivity contribution in [2.24, 2.45) is 0 Å². The Labute approximate surface area is 121 Å². The molecule has 0 bridgehead atoms. The molecular weight excluding hydrogens is 276 g/mol. The van der Waals surface area contributed by atoms with Gasteiger partial charge in [0.1, 0.15) is 6.54 Å². The van der Waals surface area contributed by atoms with Gasteiger partial charge in [-0.2, -0.15) is 0 Å². The van der Waals surface area contributed by atoms with E-state index in [0.717, 1.165) is 36.4 Å². The Morgan fingerprint density at radius 1 is 1.38 bits per heavy atom. The maximum Gasteiger partial charge on any atom is 0.265 e. The van der Waals surface area contributed by atoms with Gasteiger partial charge in [-0.3, -0.25) is 24.4 Å². The third kappa shape index (κ3) is 4.83. The van der Waals surface area contributed by atoms with Crippen LogP contribution in [0.2, 0.25) is 0 Å². The molecule has 2 N–H and O–H groups in total. The number of aromatic nitrogens is 2. The van der Waals surface area contributed by atoms with Crippen LogP contribution in [-0.2, 0) is 16.1 Å². The van der Waals surface area contributed by atoms with E-state index in [0.29, 0.717) is 13.2 Å². The third-order valence-corrected chi connectivity index (χ3v) is 3.23. The molecule has 2 rings (SSSR count). The molecule has 1 aromatic heterocycles. The highest BCUT2D eigenvalue weighted by atomic mass is 16.5. The number of hydrogen-bond donors (Lipinski definition) is 2. The van der Waals surface area contributed by atoms with Gasteiger partial charge < -0.3 is 10.1 Å². The maximum atomic E-state index is 11.9. The predicted octanol–water partition coefficient (Wildman–Crippen LogP) is -1.63. The SMILES string of the molecule is C[C@H](CN1CCOCC1)NC(=O)Cn1[nH]c(=O)ccc1=O. The zero-order chi connectivity index (χ0) is 15.2. The summed E-state index contributed by atoms with van der Waals surface area (Å²) in [6, 6.07) is 2.24. The number of rotatable bonds is 5. The smallest absolute Gasteiger partial charge is 0.265 e. The minimum absolute atomic E-state index is 0.0401. The largest absolute Gasteiger partial charge is 0.379 e. The van der Waals surface area contributed by atoms with Crippen molar-refractivity contribution in [2.75, 3.05) is 32.8 Å². The van der Waals surface area contributed by atoms with E-state index in [9.17, 15) is 14.4 Å². The van der Waals surface area contributed by atoms with Gasteiger partial charge in [0.25, 0.3) is 11.1 Å². The van der Waals surface area contributed by atoms with Crippen molar-refractivity contribution in [3.63, 3.8) is 0 Å². The minimum atomic E-state index is -0.413. The van der Waals surface area contributed by atoms with Gasteiger partial charge in [-0.15, -0.1) is 0 Å². The number of ether oxygens (including phenoxy) is 1. The summed E-state index contributed by atoms with van der Waals surface area (Å²) in [6.07, 6.45) is 0. The second kappa shape index (κ2) is 7.19. The summed E-state index contributed by atoms with van der Waals surface area (Å²) < 4.78 is 6.26. The molecule has 0 spiro atoms. The summed E-state index contributed by atoms with van der Waals surface area (Å²) in [5.74, 6) is -0.306. The van der Waals surface area contributed by atoms with E-state index >= 15 is 0 Å². The predicted molar refractivity (Wildman–Crippen MR) is 76.2 cm³/mol. The maximum absolute atomic E-state index is 11.9. The van der Waals surface area contributed by atoms with Crippen LogP contribution in [0, 0.1) is 0 Å². The normalized spacial score (nSPS) is 17.4. The Hall–Kier alpha value is -1.93. The summed E-state index contributed by atoms with van der Waals surface area (Å²) in [7, 11) is 0. The molecule has 2 heterocycles. The van der Waals surface area contributed by atoms with Crippen molar-refractivity contribution in [1.29, 1.82) is 0 Å². The van der Waals surface area contributed by atoms with E-state index in [1.165, 1.54) is 0 Å². The summed E-state index contributed by atoms with van der Waals surface area (Å²) in [4.78, 5) is 36.7. The lowest BCUT2D eigenvalue weighted by atomic mass is 10.3. The first kappa shape index (κ1) is 15.5. The van der Waals surface area contributed by atoms with Gasteiger partial charge in [0, 0.05) is 37.8 Å². The van der Waals surface area contributed by atoms with Gasteiger partial charge >= 0.3 is 0 Å². The average molecular weight is 296 g/mol. The van der Waals surface area contributed by atoms with Crippen LogP contribution < -0.4 is 16.4 Å². The Bertz CT molecular complexity index is 588. The van der Waals surface area contributed by atoms with Crippen molar-refractivity contribution in [3.8, 4) is 0 Å². The number of nitrogens with zero attached hydrogens (tertiary/aromatic N) is 2. The minimum Gasteiger partial charge on any atom is -0.379 e. The van der Waals surface area contributed by atoms with Crippen molar-refractivity contribution in [3.05, 3.63) is 32.8 Å². The fourth-order valence-corrected chi connectivity index (χ4v) is 2.26. The number of hydrogen-bond acceptors (Lipinski definition) is 5. The number of carbonyl (C=O) groups is 1. The Morgan fingerprint density at radius 2 is 2.10 bits per heavy atom. The third-order valence-electron chi connectivity index (χ3n) is 3.23. The second-order valence-electron chi connectivity index (χ2n) is 5.12. The average Bonchev–Trinajstić information content (AvgIpc) is 2.43. The molecule has 0 radical (unpaired) electrons. The first-order valence-electron chi connectivity index (χ1n) is 6.94. The summed E-state index contributed by atoms with van der Waals surface area (Å²) in [5.41, 5.74) is -0.825. The molecule has 1 amide bonds. The second-order valence-corrected chi connectivity index (χ2v) is 5.12. The van der Waals surface area contributed by atoms with Crippen LogP contribution in [-0.4, -0.2) is 59.5 Å². The first-order valence-corrected chi connectivity index (χ1v) is 6.94. The van der Waals surface area contributed by atoms with Gasteiger partial charge in [-0.25, -0.2) is 4.68 Å². The molecule has 0 saturated carbocycles. The van der Waals surface area contributed by atoms with Crippen molar-refractivity contribution in [1.82, 2.24) is 20.0 Å². The zero-order valence-electron chi connectivity index (χ0n) is 12.0. The molecule has 1 aliphatic rings. The van der Waals surface area contributed by atoms with Gasteiger partial charge in [0.05, 0.1) is 13.2 Å². The number of nitrogens with one attached hydrogen (secondary N) is 2. The van der Waals surface area contributed by atoms with Crippen LogP contribution in [0.25, 0.3) is 0 Å². The van der Waals surface area contributed by atoms with Crippen LogP contribution >= 0.6 is 0 Å². The molecule has 1 fully saturated rings. The Balaban J connectivity index is 1.84. The van der Waals surface area contributed by atoms with E-state index in [2.05, 4.69) is 15.3 Å². The summed E-state index contributed by atoms with van der Waals surface area (Å²) in [6.45, 7) is 5.57. The van der Waals surface area contributed by atoms with Gasteiger partial charge in [-0.1, -0.05) is 0 Å². The first-order chi connectivity index (χ1) is 10.0. The van der Waals surface area contributed by atoms with E-state index in [-0.39, 0.29) is 18.5 Å². The van der Waals surface area contributed by atoms with E-state index in [1.807, 2.05) is 6.92 Å².